The molecule has 1 aliphatic rings. The van der Waals surface area contributed by atoms with Crippen molar-refractivity contribution in [3.05, 3.63) is 47.4 Å². The number of amides is 1. The Balaban J connectivity index is 1.55. The number of aromatic nitrogens is 4. The van der Waals surface area contributed by atoms with Gasteiger partial charge in [0.05, 0.1) is 16.8 Å². The van der Waals surface area contributed by atoms with E-state index in [1.807, 2.05) is 43.0 Å². The summed E-state index contributed by atoms with van der Waals surface area (Å²) in [4.78, 5) is 25.8. The highest BCUT2D eigenvalue weighted by molar-refractivity contribution is 5.99. The van der Waals surface area contributed by atoms with Crippen LogP contribution in [0.25, 0.3) is 10.9 Å². The number of anilines is 1. The fraction of sp³-hybridized carbons (Fsp3) is 0.333. The Morgan fingerprint density at radius 2 is 1.96 bits per heavy atom. The molecule has 1 saturated heterocycles. The Labute approximate surface area is 145 Å². The maximum absolute atomic E-state index is 13.0. The fourth-order valence-electron chi connectivity index (χ4n) is 3.30. The zero-order valence-electron chi connectivity index (χ0n) is 14.4. The molecule has 1 fully saturated rings. The van der Waals surface area contributed by atoms with E-state index in [-0.39, 0.29) is 5.91 Å². The number of rotatable bonds is 2. The first-order valence-electron chi connectivity index (χ1n) is 8.40. The lowest BCUT2D eigenvalue weighted by atomic mass is 10.1. The third kappa shape index (κ3) is 2.82. The number of piperazine rings is 1. The minimum absolute atomic E-state index is 0.0469. The number of hydrogen-bond donors (Lipinski definition) is 1. The number of nitrogens with zero attached hydrogens (tertiary/aromatic N) is 5. The molecule has 1 aliphatic heterocycles. The second-order valence-corrected chi connectivity index (χ2v) is 6.36. The molecule has 4 rings (SSSR count). The zero-order valence-corrected chi connectivity index (χ0v) is 14.4. The van der Waals surface area contributed by atoms with Gasteiger partial charge in [-0.15, -0.1) is 0 Å². The van der Waals surface area contributed by atoms with Crippen LogP contribution in [-0.2, 0) is 0 Å². The van der Waals surface area contributed by atoms with E-state index in [1.54, 1.807) is 0 Å². The lowest BCUT2D eigenvalue weighted by Crippen LogP contribution is -2.49. The van der Waals surface area contributed by atoms with Crippen LogP contribution in [-0.4, -0.2) is 57.2 Å². The number of aryl methyl sites for hydroxylation is 2. The smallest absolute Gasteiger partial charge is 0.255 e. The summed E-state index contributed by atoms with van der Waals surface area (Å²) in [6.45, 7) is 6.73. The highest BCUT2D eigenvalue weighted by Gasteiger charge is 2.25. The summed E-state index contributed by atoms with van der Waals surface area (Å²) in [7, 11) is 0. The van der Waals surface area contributed by atoms with E-state index in [4.69, 9.17) is 0 Å². The van der Waals surface area contributed by atoms with Crippen molar-refractivity contribution in [1.82, 2.24) is 25.1 Å². The Bertz CT molecular complexity index is 913. The van der Waals surface area contributed by atoms with Gasteiger partial charge in [0.25, 0.3) is 5.91 Å². The molecule has 3 aromatic rings. The van der Waals surface area contributed by atoms with Gasteiger partial charge in [-0.25, -0.2) is 5.10 Å². The predicted molar refractivity (Wildman–Crippen MR) is 95.7 cm³/mol. The quantitative estimate of drug-likeness (QED) is 0.774. The molecule has 1 amide bonds. The van der Waals surface area contributed by atoms with Gasteiger partial charge in [0, 0.05) is 31.6 Å². The van der Waals surface area contributed by atoms with Crippen molar-refractivity contribution in [2.45, 2.75) is 13.8 Å². The van der Waals surface area contributed by atoms with Crippen molar-refractivity contribution in [2.24, 2.45) is 0 Å². The molecule has 0 aliphatic carbocycles. The largest absolute Gasteiger partial charge is 0.338 e. The third-order valence-corrected chi connectivity index (χ3v) is 4.74. The molecule has 0 bridgehead atoms. The normalized spacial score (nSPS) is 15.0. The molecule has 0 radical (unpaired) electrons. The number of H-pyrrole nitrogens is 1. The van der Waals surface area contributed by atoms with E-state index in [1.165, 1.54) is 6.33 Å². The van der Waals surface area contributed by atoms with Gasteiger partial charge in [-0.05, 0) is 25.5 Å². The van der Waals surface area contributed by atoms with Crippen LogP contribution < -0.4 is 4.90 Å². The number of hydrogen-bond acceptors (Lipinski definition) is 5. The summed E-state index contributed by atoms with van der Waals surface area (Å²) in [5.41, 5.74) is 3.56. The highest BCUT2D eigenvalue weighted by Crippen LogP contribution is 2.21. The Morgan fingerprint density at radius 3 is 2.68 bits per heavy atom. The van der Waals surface area contributed by atoms with Gasteiger partial charge >= 0.3 is 0 Å². The minimum atomic E-state index is 0.0469. The molecule has 0 spiro atoms. The van der Waals surface area contributed by atoms with Crippen LogP contribution in [0.2, 0.25) is 0 Å². The lowest BCUT2D eigenvalue weighted by molar-refractivity contribution is 0.0745. The van der Waals surface area contributed by atoms with E-state index in [0.717, 1.165) is 41.2 Å². The van der Waals surface area contributed by atoms with Crippen LogP contribution in [0.1, 0.15) is 21.6 Å². The van der Waals surface area contributed by atoms with Crippen molar-refractivity contribution in [3.8, 4) is 0 Å². The summed E-state index contributed by atoms with van der Waals surface area (Å²) < 4.78 is 0. The number of carbonyl (C=O) groups excluding carboxylic acids is 1. The van der Waals surface area contributed by atoms with E-state index >= 15 is 0 Å². The summed E-state index contributed by atoms with van der Waals surface area (Å²) in [5, 5.41) is 7.76. The average Bonchev–Trinajstić information content (AvgIpc) is 3.16. The topological polar surface area (TPSA) is 78.0 Å². The molecule has 7 nitrogen and oxygen atoms in total. The number of benzene rings is 1. The fourth-order valence-corrected chi connectivity index (χ4v) is 3.30. The van der Waals surface area contributed by atoms with Crippen LogP contribution in [0.15, 0.2) is 30.6 Å². The zero-order chi connectivity index (χ0) is 17.4. The summed E-state index contributed by atoms with van der Waals surface area (Å²) >= 11 is 0. The second-order valence-electron chi connectivity index (χ2n) is 6.36. The maximum atomic E-state index is 13.0. The molecule has 1 N–H and O–H groups in total. The first-order chi connectivity index (χ1) is 12.1. The number of fused-ring (bicyclic) bond motifs is 1. The number of carbonyl (C=O) groups is 1. The number of para-hydroxylation sites is 1. The molecule has 0 unspecified atom stereocenters. The third-order valence-electron chi connectivity index (χ3n) is 4.74. The van der Waals surface area contributed by atoms with Gasteiger partial charge in [-0.3, -0.25) is 9.78 Å². The van der Waals surface area contributed by atoms with Gasteiger partial charge < -0.3 is 9.80 Å². The summed E-state index contributed by atoms with van der Waals surface area (Å²) in [6, 6.07) is 8.02. The van der Waals surface area contributed by atoms with Gasteiger partial charge in [0.2, 0.25) is 5.95 Å². The van der Waals surface area contributed by atoms with Crippen LogP contribution in [0.5, 0.6) is 0 Å². The van der Waals surface area contributed by atoms with Gasteiger partial charge in [0.1, 0.15) is 6.33 Å². The molecular formula is C18H20N6O. The number of pyridine rings is 1. The van der Waals surface area contributed by atoms with Crippen LogP contribution in [0.3, 0.4) is 0 Å². The van der Waals surface area contributed by atoms with Crippen molar-refractivity contribution in [3.63, 3.8) is 0 Å². The van der Waals surface area contributed by atoms with E-state index < -0.39 is 0 Å². The Morgan fingerprint density at radius 1 is 1.16 bits per heavy atom. The Kier molecular flexibility index (Phi) is 3.83. The highest BCUT2D eigenvalue weighted by atomic mass is 16.2. The van der Waals surface area contributed by atoms with Crippen molar-refractivity contribution >= 4 is 22.8 Å². The summed E-state index contributed by atoms with van der Waals surface area (Å²) in [5.74, 6) is 0.803. The van der Waals surface area contributed by atoms with Crippen molar-refractivity contribution in [1.29, 1.82) is 0 Å². The molecule has 3 heterocycles. The second kappa shape index (κ2) is 6.16. The van der Waals surface area contributed by atoms with E-state index in [9.17, 15) is 4.79 Å². The van der Waals surface area contributed by atoms with Crippen LogP contribution in [0.4, 0.5) is 5.95 Å². The molecule has 2 aromatic heterocycles. The predicted octanol–water partition coefficient (Wildman–Crippen LogP) is 1.93. The minimum Gasteiger partial charge on any atom is -0.338 e. The molecule has 25 heavy (non-hydrogen) atoms. The first-order valence-corrected chi connectivity index (χ1v) is 8.40. The summed E-state index contributed by atoms with van der Waals surface area (Å²) in [6.07, 6.45) is 1.50. The molecule has 0 saturated carbocycles. The van der Waals surface area contributed by atoms with Crippen molar-refractivity contribution < 1.29 is 4.79 Å². The van der Waals surface area contributed by atoms with Gasteiger partial charge in [-0.2, -0.15) is 10.1 Å². The van der Waals surface area contributed by atoms with Gasteiger partial charge in [-0.1, -0.05) is 18.2 Å². The molecule has 0 atom stereocenters. The van der Waals surface area contributed by atoms with Crippen LogP contribution >= 0.6 is 0 Å². The number of aromatic amines is 1. The molecule has 1 aromatic carbocycles. The lowest BCUT2D eigenvalue weighted by Gasteiger charge is -2.34. The van der Waals surface area contributed by atoms with E-state index in [0.29, 0.717) is 18.7 Å². The average molecular weight is 336 g/mol. The standard InChI is InChI=1S/C18H20N6O/c1-12-4-3-5-14-10-15(13(2)21-16(12)14)17(25)23-6-8-24(9-7-23)18-19-11-20-22-18/h3-5,10-11H,6-9H2,1-2H3,(H,19,20,22). The van der Waals surface area contributed by atoms with Crippen molar-refractivity contribution in [2.75, 3.05) is 31.1 Å². The van der Waals surface area contributed by atoms with Crippen LogP contribution in [0, 0.1) is 13.8 Å². The molecular weight excluding hydrogens is 316 g/mol. The van der Waals surface area contributed by atoms with Gasteiger partial charge in [0.15, 0.2) is 0 Å². The molecule has 7 heteroatoms. The maximum Gasteiger partial charge on any atom is 0.255 e. The molecule has 128 valence electrons. The monoisotopic (exact) mass is 336 g/mol. The first kappa shape index (κ1) is 15.6. The SMILES string of the molecule is Cc1nc2c(C)cccc2cc1C(=O)N1CCN(c2ncn[nH]2)CC1. The van der Waals surface area contributed by atoms with E-state index in [2.05, 4.69) is 25.1 Å². The number of nitrogens with one attached hydrogen (secondary N) is 1. The Hall–Kier alpha value is -2.96.